The molecule has 8 heteroatoms. The number of nitrogens with one attached hydrogen (secondary N) is 1. The lowest BCUT2D eigenvalue weighted by Gasteiger charge is -2.09. The molecule has 0 atom stereocenters. The number of carboxylic acid groups (broad SMARTS) is 1. The van der Waals surface area contributed by atoms with Gasteiger partial charge in [-0.2, -0.15) is 0 Å². The van der Waals surface area contributed by atoms with E-state index in [0.29, 0.717) is 18.0 Å². The van der Waals surface area contributed by atoms with E-state index in [0.717, 1.165) is 23.8 Å². The fourth-order valence-electron chi connectivity index (χ4n) is 1.64. The van der Waals surface area contributed by atoms with E-state index in [1.807, 2.05) is 6.92 Å². The number of rotatable bonds is 7. The molecule has 22 heavy (non-hydrogen) atoms. The van der Waals surface area contributed by atoms with E-state index in [4.69, 9.17) is 9.84 Å². The van der Waals surface area contributed by atoms with Crippen LogP contribution in [-0.4, -0.2) is 26.1 Å². The largest absolute Gasteiger partial charge is 0.494 e. The second-order valence-corrected chi connectivity index (χ2v) is 7.26. The van der Waals surface area contributed by atoms with E-state index < -0.39 is 16.0 Å². The summed E-state index contributed by atoms with van der Waals surface area (Å²) in [6, 6.07) is 7.73. The number of carboxylic acids is 1. The summed E-state index contributed by atoms with van der Waals surface area (Å²) in [5, 5.41) is 10.1. The molecule has 0 radical (unpaired) electrons. The zero-order chi connectivity index (χ0) is 16.2. The second-order valence-electron chi connectivity index (χ2n) is 4.44. The molecule has 118 valence electrons. The maximum absolute atomic E-state index is 12.2. The van der Waals surface area contributed by atoms with E-state index in [1.165, 1.54) is 5.38 Å². The summed E-state index contributed by atoms with van der Waals surface area (Å²) in [5.74, 6) is -0.591. The molecule has 0 unspecified atom stereocenters. The molecule has 0 aliphatic heterocycles. The van der Waals surface area contributed by atoms with Crippen molar-refractivity contribution in [2.45, 2.75) is 17.6 Å². The van der Waals surface area contributed by atoms with E-state index >= 15 is 0 Å². The molecule has 2 rings (SSSR count). The van der Waals surface area contributed by atoms with Crippen molar-refractivity contribution in [1.82, 2.24) is 0 Å². The van der Waals surface area contributed by atoms with Gasteiger partial charge in [0.2, 0.25) is 0 Å². The Kier molecular flexibility index (Phi) is 5.04. The molecule has 1 aromatic heterocycles. The van der Waals surface area contributed by atoms with Crippen LogP contribution in [0, 0.1) is 0 Å². The van der Waals surface area contributed by atoms with Crippen molar-refractivity contribution < 1.29 is 23.1 Å². The van der Waals surface area contributed by atoms with Crippen molar-refractivity contribution >= 4 is 33.0 Å². The molecule has 2 N–H and O–H groups in total. The van der Waals surface area contributed by atoms with Crippen LogP contribution >= 0.6 is 11.3 Å². The standard InChI is InChI=1S/C14H15NO5S2/c1-2-6-20-12-5-3-4-11(8-12)15-22(18,19)13-7-10(9-21-13)14(16)17/h3-5,7-9,15H,2,6H2,1H3,(H,16,17). The first kappa shape index (κ1) is 16.3. The lowest BCUT2D eigenvalue weighted by Crippen LogP contribution is -2.11. The molecule has 0 saturated heterocycles. The number of hydrogen-bond acceptors (Lipinski definition) is 5. The number of carbonyl (C=O) groups is 1. The zero-order valence-electron chi connectivity index (χ0n) is 11.8. The lowest BCUT2D eigenvalue weighted by molar-refractivity contribution is 0.0697. The average Bonchev–Trinajstić information content (AvgIpc) is 2.96. The van der Waals surface area contributed by atoms with E-state index in [-0.39, 0.29) is 9.77 Å². The first-order valence-corrected chi connectivity index (χ1v) is 8.86. The van der Waals surface area contributed by atoms with Crippen LogP contribution in [0.5, 0.6) is 5.75 Å². The Bertz CT molecular complexity index is 767. The number of sulfonamides is 1. The van der Waals surface area contributed by atoms with Gasteiger partial charge in [-0.05, 0) is 24.6 Å². The third kappa shape index (κ3) is 3.99. The first-order chi connectivity index (χ1) is 10.4. The monoisotopic (exact) mass is 341 g/mol. The minimum atomic E-state index is -3.81. The maximum atomic E-state index is 12.2. The molecule has 6 nitrogen and oxygen atoms in total. The van der Waals surface area contributed by atoms with Gasteiger partial charge in [-0.1, -0.05) is 13.0 Å². The van der Waals surface area contributed by atoms with E-state index in [2.05, 4.69) is 4.72 Å². The van der Waals surface area contributed by atoms with Gasteiger partial charge in [0, 0.05) is 11.4 Å². The highest BCUT2D eigenvalue weighted by Crippen LogP contribution is 2.25. The number of ether oxygens (including phenoxy) is 1. The quantitative estimate of drug-likeness (QED) is 0.807. The molecule has 1 heterocycles. The van der Waals surface area contributed by atoms with Gasteiger partial charge in [-0.3, -0.25) is 4.72 Å². The summed E-state index contributed by atoms with van der Waals surface area (Å²) < 4.78 is 32.3. The summed E-state index contributed by atoms with van der Waals surface area (Å²) in [6.45, 7) is 2.52. The second kappa shape index (κ2) is 6.80. The Morgan fingerprint density at radius 3 is 2.77 bits per heavy atom. The van der Waals surface area contributed by atoms with Gasteiger partial charge >= 0.3 is 5.97 Å². The van der Waals surface area contributed by atoms with Crippen molar-refractivity contribution in [3.05, 3.63) is 41.3 Å². The van der Waals surface area contributed by atoms with Crippen LogP contribution in [0.4, 0.5) is 5.69 Å². The Hall–Kier alpha value is -2.06. The fourth-order valence-corrected chi connectivity index (χ4v) is 3.85. The third-order valence-corrected chi connectivity index (χ3v) is 5.47. The molecule has 0 saturated carbocycles. The van der Waals surface area contributed by atoms with Crippen molar-refractivity contribution in [3.8, 4) is 5.75 Å². The topological polar surface area (TPSA) is 92.7 Å². The van der Waals surface area contributed by atoms with Crippen LogP contribution < -0.4 is 9.46 Å². The number of anilines is 1. The summed E-state index contributed by atoms with van der Waals surface area (Å²) in [6.07, 6.45) is 0.850. The predicted molar refractivity (Wildman–Crippen MR) is 84.3 cm³/mol. The van der Waals surface area contributed by atoms with Crippen molar-refractivity contribution in [3.63, 3.8) is 0 Å². The molecular weight excluding hydrogens is 326 g/mol. The van der Waals surface area contributed by atoms with Crippen molar-refractivity contribution in [2.75, 3.05) is 11.3 Å². The summed E-state index contributed by atoms with van der Waals surface area (Å²) >= 11 is 0.860. The van der Waals surface area contributed by atoms with Crippen LogP contribution in [0.2, 0.25) is 0 Å². The highest BCUT2D eigenvalue weighted by molar-refractivity contribution is 7.94. The van der Waals surface area contributed by atoms with Crippen LogP contribution in [0.15, 0.2) is 39.9 Å². The van der Waals surface area contributed by atoms with Crippen LogP contribution in [0.3, 0.4) is 0 Å². The minimum absolute atomic E-state index is 0.0506. The Labute approximate surface area is 132 Å². The molecule has 0 amide bonds. The summed E-state index contributed by atoms with van der Waals surface area (Å²) in [7, 11) is -3.81. The van der Waals surface area contributed by atoms with E-state index in [1.54, 1.807) is 24.3 Å². The van der Waals surface area contributed by atoms with Gasteiger partial charge in [-0.25, -0.2) is 13.2 Å². The smallest absolute Gasteiger partial charge is 0.336 e. The molecule has 0 aliphatic carbocycles. The highest BCUT2D eigenvalue weighted by Gasteiger charge is 2.19. The maximum Gasteiger partial charge on any atom is 0.336 e. The Morgan fingerprint density at radius 1 is 1.36 bits per heavy atom. The van der Waals surface area contributed by atoms with Crippen molar-refractivity contribution in [2.24, 2.45) is 0 Å². The number of hydrogen-bond donors (Lipinski definition) is 2. The molecule has 0 fully saturated rings. The number of aromatic carboxylic acids is 1. The lowest BCUT2D eigenvalue weighted by atomic mass is 10.3. The molecule has 0 spiro atoms. The number of thiophene rings is 1. The van der Waals surface area contributed by atoms with Gasteiger partial charge in [-0.15, -0.1) is 11.3 Å². The van der Waals surface area contributed by atoms with Crippen LogP contribution in [0.25, 0.3) is 0 Å². The van der Waals surface area contributed by atoms with Gasteiger partial charge in [0.1, 0.15) is 9.96 Å². The highest BCUT2D eigenvalue weighted by atomic mass is 32.2. The van der Waals surface area contributed by atoms with Gasteiger partial charge < -0.3 is 9.84 Å². The summed E-state index contributed by atoms with van der Waals surface area (Å²) in [4.78, 5) is 10.8. The predicted octanol–water partition coefficient (Wildman–Crippen LogP) is 3.04. The minimum Gasteiger partial charge on any atom is -0.494 e. The molecular formula is C14H15NO5S2. The fraction of sp³-hybridized carbons (Fsp3) is 0.214. The first-order valence-electron chi connectivity index (χ1n) is 6.50. The van der Waals surface area contributed by atoms with Crippen molar-refractivity contribution in [1.29, 1.82) is 0 Å². The van der Waals surface area contributed by atoms with Gasteiger partial charge in [0.25, 0.3) is 10.0 Å². The molecule has 2 aromatic rings. The molecule has 1 aromatic carbocycles. The SMILES string of the molecule is CCCOc1cccc(NS(=O)(=O)c2cc(C(=O)O)cs2)c1. The van der Waals surface area contributed by atoms with Crippen LogP contribution in [-0.2, 0) is 10.0 Å². The van der Waals surface area contributed by atoms with Crippen LogP contribution in [0.1, 0.15) is 23.7 Å². The van der Waals surface area contributed by atoms with E-state index in [9.17, 15) is 13.2 Å². The number of benzene rings is 1. The zero-order valence-corrected chi connectivity index (χ0v) is 13.4. The van der Waals surface area contributed by atoms with Gasteiger partial charge in [0.05, 0.1) is 17.9 Å². The summed E-state index contributed by atoms with van der Waals surface area (Å²) in [5.41, 5.74) is 0.310. The Balaban J connectivity index is 2.19. The third-order valence-electron chi connectivity index (χ3n) is 2.65. The van der Waals surface area contributed by atoms with Gasteiger partial charge in [0.15, 0.2) is 0 Å². The average molecular weight is 341 g/mol. The molecule has 0 aliphatic rings. The normalized spacial score (nSPS) is 11.1. The molecule has 0 bridgehead atoms. The Morgan fingerprint density at radius 2 is 2.14 bits per heavy atom.